The molecular formula is C20H35IN6O. The molecule has 0 amide bonds. The van der Waals surface area contributed by atoms with Crippen LogP contribution in [-0.4, -0.2) is 92.7 Å². The second kappa shape index (κ2) is 10.8. The van der Waals surface area contributed by atoms with E-state index >= 15 is 0 Å². The van der Waals surface area contributed by atoms with Crippen LogP contribution in [0.1, 0.15) is 31.1 Å². The van der Waals surface area contributed by atoms with Gasteiger partial charge < -0.3 is 15.1 Å². The Labute approximate surface area is 185 Å². The number of piperazine rings is 3. The SMILES string of the molecule is CN=C(NCC1CN2CCN1CC2)NCC(c1ccco1)N1CCCCC1.I. The van der Waals surface area contributed by atoms with Crippen molar-refractivity contribution in [1.82, 2.24) is 25.3 Å². The molecule has 0 radical (unpaired) electrons. The molecular weight excluding hydrogens is 467 g/mol. The van der Waals surface area contributed by atoms with Gasteiger partial charge in [-0.25, -0.2) is 0 Å². The molecule has 5 heterocycles. The van der Waals surface area contributed by atoms with Crippen LogP contribution in [0.4, 0.5) is 0 Å². The summed E-state index contributed by atoms with van der Waals surface area (Å²) in [6.07, 6.45) is 5.67. The normalized spacial score (nSPS) is 29.2. The van der Waals surface area contributed by atoms with Crippen molar-refractivity contribution in [3.05, 3.63) is 24.2 Å². The van der Waals surface area contributed by atoms with Crippen LogP contribution < -0.4 is 10.6 Å². The van der Waals surface area contributed by atoms with Gasteiger partial charge in [0, 0.05) is 58.9 Å². The highest BCUT2D eigenvalue weighted by Gasteiger charge is 2.31. The number of halogens is 1. The number of fused-ring (bicyclic) bond motifs is 3. The fourth-order valence-corrected chi connectivity index (χ4v) is 4.67. The van der Waals surface area contributed by atoms with Crippen molar-refractivity contribution in [2.45, 2.75) is 31.3 Å². The van der Waals surface area contributed by atoms with Crippen molar-refractivity contribution in [3.63, 3.8) is 0 Å². The number of rotatable bonds is 6. The summed E-state index contributed by atoms with van der Waals surface area (Å²) in [5, 5.41) is 7.09. The van der Waals surface area contributed by atoms with Gasteiger partial charge in [0.25, 0.3) is 0 Å². The zero-order valence-corrected chi connectivity index (χ0v) is 19.3. The third-order valence-corrected chi connectivity index (χ3v) is 6.29. The Morgan fingerprint density at radius 3 is 2.54 bits per heavy atom. The molecule has 158 valence electrons. The Bertz CT molecular complexity index is 596. The number of hydrogen-bond acceptors (Lipinski definition) is 5. The Morgan fingerprint density at radius 2 is 1.93 bits per heavy atom. The van der Waals surface area contributed by atoms with Crippen molar-refractivity contribution in [3.8, 4) is 0 Å². The van der Waals surface area contributed by atoms with Crippen molar-refractivity contribution in [2.24, 2.45) is 4.99 Å². The van der Waals surface area contributed by atoms with Crippen LogP contribution in [0, 0.1) is 0 Å². The van der Waals surface area contributed by atoms with Gasteiger partial charge >= 0.3 is 0 Å². The Hall–Kier alpha value is -0.840. The minimum atomic E-state index is 0. The van der Waals surface area contributed by atoms with E-state index in [1.807, 2.05) is 13.1 Å². The zero-order valence-electron chi connectivity index (χ0n) is 17.0. The number of aliphatic imine (C=N–C) groups is 1. The predicted octanol–water partition coefficient (Wildman–Crippen LogP) is 1.59. The largest absolute Gasteiger partial charge is 0.468 e. The molecule has 1 aromatic heterocycles. The van der Waals surface area contributed by atoms with E-state index in [1.165, 1.54) is 52.0 Å². The monoisotopic (exact) mass is 502 g/mol. The fourth-order valence-electron chi connectivity index (χ4n) is 4.67. The van der Waals surface area contributed by atoms with Gasteiger partial charge in [-0.2, -0.15) is 0 Å². The van der Waals surface area contributed by atoms with Crippen molar-refractivity contribution in [1.29, 1.82) is 0 Å². The molecule has 0 aliphatic carbocycles. The number of furan rings is 1. The van der Waals surface area contributed by atoms with E-state index in [0.717, 1.165) is 37.9 Å². The van der Waals surface area contributed by atoms with Crippen molar-refractivity contribution in [2.75, 3.05) is 66.0 Å². The number of piperidine rings is 1. The zero-order chi connectivity index (χ0) is 18.5. The van der Waals surface area contributed by atoms with Gasteiger partial charge in [-0.15, -0.1) is 24.0 Å². The van der Waals surface area contributed by atoms with E-state index in [-0.39, 0.29) is 30.0 Å². The Morgan fingerprint density at radius 1 is 1.14 bits per heavy atom. The highest BCUT2D eigenvalue weighted by Crippen LogP contribution is 2.24. The molecule has 28 heavy (non-hydrogen) atoms. The van der Waals surface area contributed by atoms with Crippen LogP contribution in [0.25, 0.3) is 0 Å². The Balaban J connectivity index is 0.00000225. The third kappa shape index (κ3) is 5.40. The first-order valence-corrected chi connectivity index (χ1v) is 10.5. The van der Waals surface area contributed by atoms with E-state index in [4.69, 9.17) is 4.42 Å². The van der Waals surface area contributed by atoms with Crippen molar-refractivity contribution < 1.29 is 4.42 Å². The predicted molar refractivity (Wildman–Crippen MR) is 123 cm³/mol. The first-order chi connectivity index (χ1) is 13.3. The smallest absolute Gasteiger partial charge is 0.191 e. The van der Waals surface area contributed by atoms with Gasteiger partial charge in [-0.05, 0) is 38.1 Å². The number of nitrogens with zero attached hydrogens (tertiary/aromatic N) is 4. The van der Waals surface area contributed by atoms with Gasteiger partial charge in [-0.3, -0.25) is 19.7 Å². The maximum atomic E-state index is 5.75. The van der Waals surface area contributed by atoms with E-state index in [0.29, 0.717) is 6.04 Å². The lowest BCUT2D eigenvalue weighted by molar-refractivity contribution is 0.0154. The van der Waals surface area contributed by atoms with E-state index in [2.05, 4.69) is 36.4 Å². The number of hydrogen-bond donors (Lipinski definition) is 2. The van der Waals surface area contributed by atoms with Gasteiger partial charge in [0.1, 0.15) is 5.76 Å². The molecule has 2 atom stereocenters. The summed E-state index contributed by atoms with van der Waals surface area (Å²) in [5.74, 6) is 1.93. The quantitative estimate of drug-likeness (QED) is 0.350. The fraction of sp³-hybridized carbons (Fsp3) is 0.750. The van der Waals surface area contributed by atoms with Crippen LogP contribution in [-0.2, 0) is 0 Å². The summed E-state index contributed by atoms with van der Waals surface area (Å²) in [5.41, 5.74) is 0. The first-order valence-electron chi connectivity index (χ1n) is 10.5. The maximum Gasteiger partial charge on any atom is 0.191 e. The molecule has 2 N–H and O–H groups in total. The topological polar surface area (TPSA) is 59.3 Å². The molecule has 7 nitrogen and oxygen atoms in total. The molecule has 8 heteroatoms. The summed E-state index contributed by atoms with van der Waals surface area (Å²) >= 11 is 0. The second-order valence-electron chi connectivity index (χ2n) is 7.95. The number of guanidine groups is 1. The van der Waals surface area contributed by atoms with Crippen LogP contribution in [0.5, 0.6) is 0 Å². The van der Waals surface area contributed by atoms with E-state index < -0.39 is 0 Å². The summed E-state index contributed by atoms with van der Waals surface area (Å²) < 4.78 is 5.75. The molecule has 4 aliphatic rings. The van der Waals surface area contributed by atoms with Crippen LogP contribution in [0.3, 0.4) is 0 Å². The van der Waals surface area contributed by atoms with E-state index in [1.54, 1.807) is 6.26 Å². The first kappa shape index (κ1) is 21.9. The van der Waals surface area contributed by atoms with Gasteiger partial charge in [-0.1, -0.05) is 6.42 Å². The lowest BCUT2D eigenvalue weighted by Crippen LogP contribution is -2.64. The molecule has 0 spiro atoms. The average molecular weight is 502 g/mol. The van der Waals surface area contributed by atoms with Crippen LogP contribution >= 0.6 is 24.0 Å². The summed E-state index contributed by atoms with van der Waals surface area (Å²) in [6.45, 7) is 10.1. The summed E-state index contributed by atoms with van der Waals surface area (Å²) in [4.78, 5) is 12.2. The summed E-state index contributed by atoms with van der Waals surface area (Å²) in [7, 11) is 1.86. The lowest BCUT2D eigenvalue weighted by atomic mass is 10.1. The molecule has 1 aromatic rings. The minimum Gasteiger partial charge on any atom is -0.468 e. The molecule has 2 unspecified atom stereocenters. The molecule has 4 fully saturated rings. The molecule has 4 aliphatic heterocycles. The van der Waals surface area contributed by atoms with Crippen LogP contribution in [0.2, 0.25) is 0 Å². The third-order valence-electron chi connectivity index (χ3n) is 6.29. The average Bonchev–Trinajstić information content (AvgIpc) is 3.27. The van der Waals surface area contributed by atoms with E-state index in [9.17, 15) is 0 Å². The maximum absolute atomic E-state index is 5.75. The minimum absolute atomic E-state index is 0. The van der Waals surface area contributed by atoms with Crippen molar-refractivity contribution >= 4 is 29.9 Å². The number of nitrogens with one attached hydrogen (secondary N) is 2. The number of likely N-dealkylation sites (tertiary alicyclic amines) is 1. The molecule has 5 rings (SSSR count). The standard InChI is InChI=1S/C20H34N6O.HI/c1-21-20(22-14-17-16-24-9-11-25(17)12-10-24)23-15-18(19-6-5-13-27-19)26-7-3-2-4-8-26;/h5-6,13,17-18H,2-4,7-12,14-16H2,1H3,(H2,21,22,23);1H. The molecule has 0 aromatic carbocycles. The van der Waals surface area contributed by atoms with Gasteiger partial charge in [0.05, 0.1) is 12.3 Å². The highest BCUT2D eigenvalue weighted by atomic mass is 127. The lowest BCUT2D eigenvalue weighted by Gasteiger charge is -2.47. The highest BCUT2D eigenvalue weighted by molar-refractivity contribution is 14.0. The van der Waals surface area contributed by atoms with Gasteiger partial charge in [0.15, 0.2) is 5.96 Å². The molecule has 2 bridgehead atoms. The Kier molecular flexibility index (Phi) is 8.43. The summed E-state index contributed by atoms with van der Waals surface area (Å²) in [6, 6.07) is 4.94. The van der Waals surface area contributed by atoms with Gasteiger partial charge in [0.2, 0.25) is 0 Å². The molecule has 0 saturated carbocycles. The van der Waals surface area contributed by atoms with Crippen LogP contribution in [0.15, 0.2) is 27.8 Å². The second-order valence-corrected chi connectivity index (χ2v) is 7.95. The molecule has 4 saturated heterocycles.